The van der Waals surface area contributed by atoms with Crippen molar-refractivity contribution in [2.45, 2.75) is 46.1 Å². The molecule has 2 amide bonds. The van der Waals surface area contributed by atoms with E-state index in [0.717, 1.165) is 19.5 Å². The lowest BCUT2D eigenvalue weighted by molar-refractivity contribution is -0.114. The molecule has 3 rings (SSSR count). The van der Waals surface area contributed by atoms with Crippen molar-refractivity contribution in [1.29, 1.82) is 0 Å². The van der Waals surface area contributed by atoms with Gasteiger partial charge in [0.1, 0.15) is 0 Å². The van der Waals surface area contributed by atoms with Gasteiger partial charge in [-0.25, -0.2) is 0 Å². The Bertz CT molecular complexity index is 854. The van der Waals surface area contributed by atoms with E-state index in [1.807, 2.05) is 25.7 Å². The fourth-order valence-corrected chi connectivity index (χ4v) is 3.24. The zero-order valence-electron chi connectivity index (χ0n) is 17.6. The summed E-state index contributed by atoms with van der Waals surface area (Å²) in [5.74, 6) is 1.20. The molecule has 1 saturated heterocycles. The van der Waals surface area contributed by atoms with Gasteiger partial charge >= 0.3 is 0 Å². The quantitative estimate of drug-likeness (QED) is 0.850. The first-order valence-corrected chi connectivity index (χ1v) is 9.95. The van der Waals surface area contributed by atoms with Crippen molar-refractivity contribution >= 4 is 17.5 Å². The number of nitrogens with one attached hydrogen (secondary N) is 1. The standard InChI is InChI=1S/C21H29N5O3/c1-15(27)22-17-8-6-16(7-9-17)19(28)26-11-5-10-25(12-13-26)14-18-23-20(29-24-18)21(2,3)4/h6-9H,5,10-14H2,1-4H3,(H,22,27). The Balaban J connectivity index is 1.57. The SMILES string of the molecule is CC(=O)Nc1ccc(C(=O)N2CCCN(Cc3noc(C(C)(C)C)n3)CC2)cc1. The van der Waals surface area contributed by atoms with Crippen molar-refractivity contribution in [3.05, 3.63) is 41.5 Å². The molecule has 0 bridgehead atoms. The molecule has 2 aromatic rings. The molecule has 0 atom stereocenters. The molecule has 1 aliphatic heterocycles. The number of carbonyl (C=O) groups excluding carboxylic acids is 2. The second kappa shape index (κ2) is 8.73. The van der Waals surface area contributed by atoms with Crippen LogP contribution in [0.15, 0.2) is 28.8 Å². The van der Waals surface area contributed by atoms with Crippen molar-refractivity contribution in [1.82, 2.24) is 19.9 Å². The molecule has 1 N–H and O–H groups in total. The third-order valence-corrected chi connectivity index (χ3v) is 4.80. The lowest BCUT2D eigenvalue weighted by Gasteiger charge is -2.21. The van der Waals surface area contributed by atoms with Crippen LogP contribution >= 0.6 is 0 Å². The monoisotopic (exact) mass is 399 g/mol. The first-order valence-electron chi connectivity index (χ1n) is 9.95. The van der Waals surface area contributed by atoms with Crippen molar-refractivity contribution in [3.8, 4) is 0 Å². The normalized spacial score (nSPS) is 15.8. The van der Waals surface area contributed by atoms with Crippen molar-refractivity contribution < 1.29 is 14.1 Å². The number of hydrogen-bond acceptors (Lipinski definition) is 6. The molecule has 8 nitrogen and oxygen atoms in total. The molecule has 1 aromatic carbocycles. The highest BCUT2D eigenvalue weighted by Crippen LogP contribution is 2.20. The Morgan fingerprint density at radius 2 is 1.83 bits per heavy atom. The van der Waals surface area contributed by atoms with E-state index in [-0.39, 0.29) is 17.2 Å². The summed E-state index contributed by atoms with van der Waals surface area (Å²) in [5.41, 5.74) is 1.15. The molecule has 8 heteroatoms. The van der Waals surface area contributed by atoms with Gasteiger partial charge < -0.3 is 14.7 Å². The van der Waals surface area contributed by atoms with Gasteiger partial charge in [0.2, 0.25) is 11.8 Å². The van der Waals surface area contributed by atoms with Gasteiger partial charge in [-0.3, -0.25) is 14.5 Å². The molecule has 0 radical (unpaired) electrons. The Morgan fingerprint density at radius 1 is 1.10 bits per heavy atom. The molecule has 0 spiro atoms. The zero-order valence-corrected chi connectivity index (χ0v) is 17.6. The molecule has 0 unspecified atom stereocenters. The summed E-state index contributed by atoms with van der Waals surface area (Å²) in [6, 6.07) is 7.01. The Kier molecular flexibility index (Phi) is 6.32. The van der Waals surface area contributed by atoms with Crippen LogP contribution < -0.4 is 5.32 Å². The topological polar surface area (TPSA) is 91.6 Å². The van der Waals surface area contributed by atoms with Crippen LogP contribution in [0.2, 0.25) is 0 Å². The van der Waals surface area contributed by atoms with Crippen LogP contribution in [-0.2, 0) is 16.8 Å². The van der Waals surface area contributed by atoms with Gasteiger partial charge in [0.05, 0.1) is 6.54 Å². The number of hydrogen-bond donors (Lipinski definition) is 1. The van der Waals surface area contributed by atoms with Gasteiger partial charge in [-0.05, 0) is 30.7 Å². The molecule has 0 aliphatic carbocycles. The summed E-state index contributed by atoms with van der Waals surface area (Å²) in [5, 5.41) is 6.81. The van der Waals surface area contributed by atoms with Gasteiger partial charge in [-0.15, -0.1) is 0 Å². The minimum absolute atomic E-state index is 0.0100. The van der Waals surface area contributed by atoms with E-state index >= 15 is 0 Å². The first-order chi connectivity index (χ1) is 13.7. The van der Waals surface area contributed by atoms with E-state index in [9.17, 15) is 9.59 Å². The fourth-order valence-electron chi connectivity index (χ4n) is 3.24. The molecular formula is C21H29N5O3. The summed E-state index contributed by atoms with van der Waals surface area (Å²) in [7, 11) is 0. The number of anilines is 1. The molecule has 1 aromatic heterocycles. The third kappa shape index (κ3) is 5.63. The van der Waals surface area contributed by atoms with Crippen LogP contribution in [-0.4, -0.2) is 57.9 Å². The van der Waals surface area contributed by atoms with Crippen LogP contribution in [0.1, 0.15) is 56.2 Å². The van der Waals surface area contributed by atoms with E-state index in [1.54, 1.807) is 24.3 Å². The molecule has 2 heterocycles. The average Bonchev–Trinajstić information content (AvgIpc) is 3.01. The minimum atomic E-state index is -0.164. The Labute approximate surface area is 171 Å². The highest BCUT2D eigenvalue weighted by Gasteiger charge is 2.24. The highest BCUT2D eigenvalue weighted by atomic mass is 16.5. The van der Waals surface area contributed by atoms with Crippen LogP contribution in [0, 0.1) is 0 Å². The second-order valence-electron chi connectivity index (χ2n) is 8.45. The van der Waals surface area contributed by atoms with Crippen molar-refractivity contribution in [2.24, 2.45) is 0 Å². The second-order valence-corrected chi connectivity index (χ2v) is 8.45. The summed E-state index contributed by atoms with van der Waals surface area (Å²) in [4.78, 5) is 32.6. The molecular weight excluding hydrogens is 370 g/mol. The van der Waals surface area contributed by atoms with Crippen molar-refractivity contribution in [2.75, 3.05) is 31.5 Å². The van der Waals surface area contributed by atoms with E-state index in [1.165, 1.54) is 6.92 Å². The lowest BCUT2D eigenvalue weighted by atomic mass is 9.97. The number of aromatic nitrogens is 2. The van der Waals surface area contributed by atoms with Crippen molar-refractivity contribution in [3.63, 3.8) is 0 Å². The van der Waals surface area contributed by atoms with Gasteiger partial charge in [0.25, 0.3) is 5.91 Å². The summed E-state index contributed by atoms with van der Waals surface area (Å²) >= 11 is 0. The zero-order chi connectivity index (χ0) is 21.0. The Morgan fingerprint density at radius 3 is 2.45 bits per heavy atom. The van der Waals surface area contributed by atoms with E-state index in [0.29, 0.717) is 42.6 Å². The maximum atomic E-state index is 12.8. The largest absolute Gasteiger partial charge is 0.339 e. The maximum absolute atomic E-state index is 12.8. The number of rotatable bonds is 4. The summed E-state index contributed by atoms with van der Waals surface area (Å²) in [6.07, 6.45) is 0.889. The number of carbonyl (C=O) groups is 2. The van der Waals surface area contributed by atoms with Crippen LogP contribution in [0.3, 0.4) is 0 Å². The van der Waals surface area contributed by atoms with Crippen LogP contribution in [0.4, 0.5) is 5.69 Å². The molecule has 1 fully saturated rings. The smallest absolute Gasteiger partial charge is 0.253 e. The van der Waals surface area contributed by atoms with Crippen LogP contribution in [0.25, 0.3) is 0 Å². The predicted molar refractivity (Wildman–Crippen MR) is 110 cm³/mol. The van der Waals surface area contributed by atoms with Gasteiger partial charge in [-0.1, -0.05) is 25.9 Å². The third-order valence-electron chi connectivity index (χ3n) is 4.80. The maximum Gasteiger partial charge on any atom is 0.253 e. The predicted octanol–water partition coefficient (Wildman–Crippen LogP) is 2.67. The molecule has 29 heavy (non-hydrogen) atoms. The minimum Gasteiger partial charge on any atom is -0.339 e. The fraction of sp³-hybridized carbons (Fsp3) is 0.524. The van der Waals surface area contributed by atoms with Crippen LogP contribution in [0.5, 0.6) is 0 Å². The number of nitrogens with zero attached hydrogens (tertiary/aromatic N) is 4. The average molecular weight is 399 g/mol. The first kappa shape index (κ1) is 21.0. The van der Waals surface area contributed by atoms with Gasteiger partial charge in [0.15, 0.2) is 5.82 Å². The highest BCUT2D eigenvalue weighted by molar-refractivity contribution is 5.95. The molecule has 156 valence electrons. The number of amides is 2. The Hall–Kier alpha value is -2.74. The van der Waals surface area contributed by atoms with E-state index in [4.69, 9.17) is 4.52 Å². The number of benzene rings is 1. The summed E-state index contributed by atoms with van der Waals surface area (Å²) in [6.45, 7) is 11.2. The molecule has 0 saturated carbocycles. The molecule has 1 aliphatic rings. The van der Waals surface area contributed by atoms with E-state index < -0.39 is 0 Å². The van der Waals surface area contributed by atoms with Gasteiger partial charge in [0, 0.05) is 49.8 Å². The van der Waals surface area contributed by atoms with Gasteiger partial charge in [-0.2, -0.15) is 4.98 Å². The summed E-state index contributed by atoms with van der Waals surface area (Å²) < 4.78 is 5.37. The van der Waals surface area contributed by atoms with E-state index in [2.05, 4.69) is 20.4 Å². The lowest BCUT2D eigenvalue weighted by Crippen LogP contribution is -2.35.